The molecule has 1 fully saturated rings. The fraction of sp³-hybridized carbons (Fsp3) is 0.375. The fourth-order valence-electron chi connectivity index (χ4n) is 3.03. The number of nitrogens with one attached hydrogen (secondary N) is 2. The van der Waals surface area contributed by atoms with Gasteiger partial charge in [-0.25, -0.2) is 4.39 Å². The lowest BCUT2D eigenvalue weighted by atomic mass is 9.91. The fourth-order valence-corrected chi connectivity index (χ4v) is 3.03. The summed E-state index contributed by atoms with van der Waals surface area (Å²) in [6, 6.07) is 4.73. The van der Waals surface area contributed by atoms with E-state index in [9.17, 15) is 4.39 Å². The van der Waals surface area contributed by atoms with Gasteiger partial charge in [-0.3, -0.25) is 5.10 Å². The molecule has 0 aliphatic carbocycles. The van der Waals surface area contributed by atoms with Crippen LogP contribution in [0.25, 0.3) is 11.1 Å². The average Bonchev–Trinajstić information content (AvgIpc) is 3.22. The Morgan fingerprint density at radius 1 is 1.39 bits per heavy atom. The second-order valence-corrected chi connectivity index (χ2v) is 5.74. The Balaban J connectivity index is 1.47. The number of nitrogens with zero attached hydrogens (tertiary/aromatic N) is 2. The van der Waals surface area contributed by atoms with Gasteiger partial charge in [-0.1, -0.05) is 0 Å². The molecule has 1 aliphatic rings. The van der Waals surface area contributed by atoms with Gasteiger partial charge in [0.25, 0.3) is 6.01 Å². The van der Waals surface area contributed by atoms with Crippen molar-refractivity contribution >= 4 is 17.1 Å². The van der Waals surface area contributed by atoms with E-state index in [0.717, 1.165) is 25.0 Å². The van der Waals surface area contributed by atoms with E-state index in [1.807, 2.05) is 6.20 Å². The molecule has 7 heteroatoms. The Bertz CT molecular complexity index is 787. The largest absolute Gasteiger partial charge is 0.423 e. The van der Waals surface area contributed by atoms with Crippen molar-refractivity contribution in [3.8, 4) is 0 Å². The van der Waals surface area contributed by atoms with Gasteiger partial charge in [0.1, 0.15) is 11.3 Å². The molecule has 1 saturated heterocycles. The van der Waals surface area contributed by atoms with Crippen LogP contribution in [0.15, 0.2) is 35.0 Å². The van der Waals surface area contributed by atoms with Crippen LogP contribution in [-0.2, 0) is 4.74 Å². The predicted molar refractivity (Wildman–Crippen MR) is 82.5 cm³/mol. The zero-order chi connectivity index (χ0) is 15.6. The molecular weight excluding hydrogens is 299 g/mol. The number of aromatic nitrogens is 3. The van der Waals surface area contributed by atoms with E-state index in [0.29, 0.717) is 29.6 Å². The van der Waals surface area contributed by atoms with Crippen LogP contribution in [0.1, 0.15) is 24.5 Å². The molecule has 6 nitrogen and oxygen atoms in total. The van der Waals surface area contributed by atoms with Crippen molar-refractivity contribution in [3.05, 3.63) is 42.0 Å². The Hall–Kier alpha value is -2.41. The zero-order valence-electron chi connectivity index (χ0n) is 12.5. The molecule has 2 aromatic heterocycles. The molecule has 0 spiro atoms. The molecule has 0 radical (unpaired) electrons. The normalized spacial score (nSPS) is 21.6. The minimum absolute atomic E-state index is 0.0109. The molecule has 1 aliphatic heterocycles. The van der Waals surface area contributed by atoms with Crippen molar-refractivity contribution in [2.75, 3.05) is 18.5 Å². The standard InChI is InChI=1S/C16H17FN4O2/c17-12-3-4-13-14(6-12)23-16(21-13)18-7-10-2-1-5-22-15(10)11-8-19-20-9-11/h3-4,6,8-10,15H,1-2,5,7H2,(H,18,21)(H,19,20)/t10-,15+/m0/s1. The summed E-state index contributed by atoms with van der Waals surface area (Å²) in [7, 11) is 0. The minimum atomic E-state index is -0.332. The molecule has 2 atom stereocenters. The molecule has 0 unspecified atom stereocenters. The smallest absolute Gasteiger partial charge is 0.295 e. The van der Waals surface area contributed by atoms with E-state index in [1.54, 1.807) is 12.3 Å². The molecule has 1 aromatic carbocycles. The SMILES string of the molecule is Fc1ccc2nc(NC[C@@H]3CCCO[C@H]3c3cn[nH]c3)oc2c1. The first-order chi connectivity index (χ1) is 11.3. The number of anilines is 1. The average molecular weight is 316 g/mol. The van der Waals surface area contributed by atoms with Gasteiger partial charge in [0.2, 0.25) is 0 Å². The van der Waals surface area contributed by atoms with E-state index in [4.69, 9.17) is 9.15 Å². The summed E-state index contributed by atoms with van der Waals surface area (Å²) < 4.78 is 24.6. The number of ether oxygens (including phenoxy) is 1. The van der Waals surface area contributed by atoms with Gasteiger partial charge < -0.3 is 14.5 Å². The summed E-state index contributed by atoms with van der Waals surface area (Å²) in [5.74, 6) is -0.0333. The number of oxazole rings is 1. The Kier molecular flexibility index (Phi) is 3.70. The van der Waals surface area contributed by atoms with E-state index in [1.165, 1.54) is 12.1 Å². The van der Waals surface area contributed by atoms with Crippen LogP contribution in [0.2, 0.25) is 0 Å². The van der Waals surface area contributed by atoms with Crippen LogP contribution >= 0.6 is 0 Å². The van der Waals surface area contributed by atoms with Gasteiger partial charge in [-0.15, -0.1) is 0 Å². The van der Waals surface area contributed by atoms with Crippen LogP contribution in [0, 0.1) is 11.7 Å². The van der Waals surface area contributed by atoms with Gasteiger partial charge in [0, 0.05) is 36.9 Å². The second kappa shape index (κ2) is 6.00. The lowest BCUT2D eigenvalue weighted by Gasteiger charge is -2.31. The lowest BCUT2D eigenvalue weighted by molar-refractivity contribution is -0.0239. The van der Waals surface area contributed by atoms with Gasteiger partial charge in [-0.05, 0) is 25.0 Å². The topological polar surface area (TPSA) is 76.0 Å². The van der Waals surface area contributed by atoms with Crippen LogP contribution in [-0.4, -0.2) is 28.3 Å². The third kappa shape index (κ3) is 2.92. The van der Waals surface area contributed by atoms with Crippen LogP contribution < -0.4 is 5.32 Å². The maximum Gasteiger partial charge on any atom is 0.295 e. The molecule has 0 bridgehead atoms. The molecule has 2 N–H and O–H groups in total. The number of halogens is 1. The monoisotopic (exact) mass is 316 g/mol. The number of aromatic amines is 1. The van der Waals surface area contributed by atoms with Crippen molar-refractivity contribution in [3.63, 3.8) is 0 Å². The molecule has 0 amide bonds. The first kappa shape index (κ1) is 14.2. The van der Waals surface area contributed by atoms with Crippen LogP contribution in [0.5, 0.6) is 0 Å². The quantitative estimate of drug-likeness (QED) is 0.772. The van der Waals surface area contributed by atoms with Crippen LogP contribution in [0.3, 0.4) is 0 Å². The predicted octanol–water partition coefficient (Wildman–Crippen LogP) is 3.27. The molecule has 120 valence electrons. The van der Waals surface area contributed by atoms with E-state index in [-0.39, 0.29) is 11.9 Å². The number of fused-ring (bicyclic) bond motifs is 1. The van der Waals surface area contributed by atoms with Gasteiger partial charge in [-0.2, -0.15) is 10.1 Å². The Morgan fingerprint density at radius 3 is 3.22 bits per heavy atom. The Morgan fingerprint density at radius 2 is 2.35 bits per heavy atom. The van der Waals surface area contributed by atoms with Gasteiger partial charge in [0.15, 0.2) is 5.58 Å². The first-order valence-electron chi connectivity index (χ1n) is 7.70. The van der Waals surface area contributed by atoms with Gasteiger partial charge in [0.05, 0.1) is 12.3 Å². The summed E-state index contributed by atoms with van der Waals surface area (Å²) in [6.45, 7) is 1.43. The zero-order valence-corrected chi connectivity index (χ0v) is 12.5. The molecule has 23 heavy (non-hydrogen) atoms. The number of H-pyrrole nitrogens is 1. The minimum Gasteiger partial charge on any atom is -0.423 e. The maximum atomic E-state index is 13.2. The lowest BCUT2D eigenvalue weighted by Crippen LogP contribution is -2.28. The molecular formula is C16H17FN4O2. The van der Waals surface area contributed by atoms with E-state index in [2.05, 4.69) is 20.5 Å². The second-order valence-electron chi connectivity index (χ2n) is 5.74. The van der Waals surface area contributed by atoms with Crippen molar-refractivity contribution < 1.29 is 13.5 Å². The first-order valence-corrected chi connectivity index (χ1v) is 7.70. The summed E-state index contributed by atoms with van der Waals surface area (Å²) in [5, 5.41) is 10.0. The summed E-state index contributed by atoms with van der Waals surface area (Å²) >= 11 is 0. The molecule has 3 aromatic rings. The molecule has 4 rings (SSSR count). The van der Waals surface area contributed by atoms with E-state index < -0.39 is 0 Å². The number of benzene rings is 1. The summed E-state index contributed by atoms with van der Waals surface area (Å²) in [6.07, 6.45) is 5.75. The third-order valence-corrected chi connectivity index (χ3v) is 4.16. The summed E-state index contributed by atoms with van der Waals surface area (Å²) in [5.41, 5.74) is 2.13. The van der Waals surface area contributed by atoms with Crippen LogP contribution in [0.4, 0.5) is 10.4 Å². The highest BCUT2D eigenvalue weighted by molar-refractivity contribution is 5.74. The van der Waals surface area contributed by atoms with Gasteiger partial charge >= 0.3 is 0 Å². The third-order valence-electron chi connectivity index (χ3n) is 4.16. The number of rotatable bonds is 4. The van der Waals surface area contributed by atoms with Crippen molar-refractivity contribution in [2.24, 2.45) is 5.92 Å². The maximum absolute atomic E-state index is 13.2. The number of hydrogen-bond donors (Lipinski definition) is 2. The molecule has 3 heterocycles. The Labute approximate surface area is 132 Å². The van der Waals surface area contributed by atoms with E-state index >= 15 is 0 Å². The van der Waals surface area contributed by atoms with Crippen molar-refractivity contribution in [2.45, 2.75) is 18.9 Å². The number of hydrogen-bond acceptors (Lipinski definition) is 5. The van der Waals surface area contributed by atoms with Crippen molar-refractivity contribution in [1.29, 1.82) is 0 Å². The van der Waals surface area contributed by atoms with Crippen molar-refractivity contribution in [1.82, 2.24) is 15.2 Å². The summed E-state index contributed by atoms with van der Waals surface area (Å²) in [4.78, 5) is 4.32. The molecule has 0 saturated carbocycles. The highest BCUT2D eigenvalue weighted by Crippen LogP contribution is 2.33. The highest BCUT2D eigenvalue weighted by atomic mass is 19.1. The highest BCUT2D eigenvalue weighted by Gasteiger charge is 2.28.